The Hall–Kier alpha value is -4.21. The van der Waals surface area contributed by atoms with Crippen LogP contribution in [0, 0.1) is 5.82 Å². The number of benzene rings is 2. The van der Waals surface area contributed by atoms with Gasteiger partial charge in [0.25, 0.3) is 0 Å². The topological polar surface area (TPSA) is 192 Å². The number of carbonyl (C=O) groups excluding carboxylic acids is 4. The highest BCUT2D eigenvalue weighted by Crippen LogP contribution is 2.31. The predicted molar refractivity (Wildman–Crippen MR) is 138 cm³/mol. The largest absolute Gasteiger partial charge is 0.547 e. The van der Waals surface area contributed by atoms with Crippen molar-refractivity contribution < 1.29 is 43.1 Å². The molecule has 0 spiro atoms. The number of urea groups is 1. The van der Waals surface area contributed by atoms with Gasteiger partial charge in [0.2, 0.25) is 5.91 Å². The van der Waals surface area contributed by atoms with Crippen molar-refractivity contribution in [3.63, 3.8) is 0 Å². The number of nitrogens with two attached hydrogens (primary N) is 1. The number of nitrogens with one attached hydrogen (secondary N) is 2. The summed E-state index contributed by atoms with van der Waals surface area (Å²) in [5, 5.41) is 24.4. The number of aromatic carboxylic acids is 1. The predicted octanol–water partition coefficient (Wildman–Crippen LogP) is -0.303. The van der Waals surface area contributed by atoms with Crippen LogP contribution >= 0.6 is 11.6 Å². The van der Waals surface area contributed by atoms with Crippen LogP contribution in [0.2, 0.25) is 5.02 Å². The molecule has 1 saturated heterocycles. The summed E-state index contributed by atoms with van der Waals surface area (Å²) in [6.45, 7) is 0.0281. The lowest BCUT2D eigenvalue weighted by Gasteiger charge is -2.34. The SMILES string of the molecule is NCCN1CCN(C(=O)NC(C(=O)NC2Cc3cccc(C(=O)O)c3OB2O)c2c(F)cccc2Cl)C(=O)C1=O. The maximum atomic E-state index is 14.9. The average Bonchev–Trinajstić information content (AvgIpc) is 2.90. The first kappa shape index (κ1) is 28.8. The summed E-state index contributed by atoms with van der Waals surface area (Å²) in [5.41, 5.74) is 5.21. The van der Waals surface area contributed by atoms with Crippen LogP contribution in [-0.2, 0) is 20.8 Å². The Morgan fingerprint density at radius 3 is 2.58 bits per heavy atom. The maximum Gasteiger partial charge on any atom is 0.547 e. The van der Waals surface area contributed by atoms with E-state index in [0.29, 0.717) is 10.5 Å². The molecule has 0 aliphatic carbocycles. The normalized spacial score (nSPS) is 17.6. The monoisotopic (exact) mass is 575 g/mol. The molecule has 2 unspecified atom stereocenters. The summed E-state index contributed by atoms with van der Waals surface area (Å²) in [6, 6.07) is 4.94. The fourth-order valence-electron chi connectivity index (χ4n) is 4.48. The molecule has 2 atom stereocenters. The molecule has 2 aliphatic rings. The number of fused-ring (bicyclic) bond motifs is 1. The first-order chi connectivity index (χ1) is 19.0. The van der Waals surface area contributed by atoms with Gasteiger partial charge >= 0.3 is 30.9 Å². The Morgan fingerprint density at radius 1 is 1.18 bits per heavy atom. The van der Waals surface area contributed by atoms with Gasteiger partial charge in [0.1, 0.15) is 17.6 Å². The Bertz CT molecular complexity index is 1360. The first-order valence-corrected chi connectivity index (χ1v) is 12.5. The second-order valence-corrected chi connectivity index (χ2v) is 9.39. The maximum absolute atomic E-state index is 14.9. The third-order valence-corrected chi connectivity index (χ3v) is 6.78. The smallest absolute Gasteiger partial charge is 0.534 e. The first-order valence-electron chi connectivity index (χ1n) is 12.1. The van der Waals surface area contributed by atoms with E-state index in [0.717, 1.165) is 6.07 Å². The van der Waals surface area contributed by atoms with Gasteiger partial charge in [-0.25, -0.2) is 14.0 Å². The molecule has 6 N–H and O–H groups in total. The minimum Gasteiger partial charge on any atom is -0.534 e. The highest BCUT2D eigenvalue weighted by Gasteiger charge is 2.41. The number of carbonyl (C=O) groups is 5. The lowest BCUT2D eigenvalue weighted by atomic mass is 9.72. The molecule has 2 heterocycles. The Kier molecular flexibility index (Phi) is 8.56. The molecule has 0 saturated carbocycles. The summed E-state index contributed by atoms with van der Waals surface area (Å²) in [7, 11) is -1.70. The fraction of sp³-hybridized carbons (Fsp3) is 0.292. The van der Waals surface area contributed by atoms with Crippen LogP contribution in [0.4, 0.5) is 9.18 Å². The zero-order valence-corrected chi connectivity index (χ0v) is 21.6. The molecule has 4 rings (SSSR count). The van der Waals surface area contributed by atoms with E-state index in [1.54, 1.807) is 6.07 Å². The number of imide groups is 1. The van der Waals surface area contributed by atoms with Gasteiger partial charge in [-0.1, -0.05) is 29.8 Å². The fourth-order valence-corrected chi connectivity index (χ4v) is 4.75. The number of halogens is 2. The lowest BCUT2D eigenvalue weighted by Crippen LogP contribution is -2.60. The van der Waals surface area contributed by atoms with Crippen molar-refractivity contribution in [1.29, 1.82) is 0 Å². The molecule has 5 amide bonds. The molecule has 16 heteroatoms. The van der Waals surface area contributed by atoms with Gasteiger partial charge in [0.05, 0.1) is 11.5 Å². The van der Waals surface area contributed by atoms with E-state index in [4.69, 9.17) is 22.0 Å². The third-order valence-electron chi connectivity index (χ3n) is 6.45. The van der Waals surface area contributed by atoms with Crippen molar-refractivity contribution in [3.05, 3.63) is 63.9 Å². The molecule has 2 aromatic carbocycles. The van der Waals surface area contributed by atoms with Crippen molar-refractivity contribution in [3.8, 4) is 5.75 Å². The van der Waals surface area contributed by atoms with Gasteiger partial charge in [-0.2, -0.15) is 0 Å². The third kappa shape index (κ3) is 5.71. The summed E-state index contributed by atoms with van der Waals surface area (Å²) in [6.07, 6.45) is -0.0644. The molecule has 0 aromatic heterocycles. The lowest BCUT2D eigenvalue weighted by molar-refractivity contribution is -0.153. The molecule has 0 radical (unpaired) electrons. The van der Waals surface area contributed by atoms with Crippen molar-refractivity contribution >= 4 is 48.4 Å². The van der Waals surface area contributed by atoms with Crippen molar-refractivity contribution in [2.24, 2.45) is 5.73 Å². The van der Waals surface area contributed by atoms with E-state index >= 15 is 0 Å². The second-order valence-electron chi connectivity index (χ2n) is 8.98. The number of carboxylic acids is 1. The van der Waals surface area contributed by atoms with Gasteiger partial charge in [0.15, 0.2) is 0 Å². The number of carboxylic acid groups (broad SMARTS) is 1. The number of rotatable bonds is 7. The van der Waals surface area contributed by atoms with Gasteiger partial charge in [0, 0.05) is 36.8 Å². The number of nitrogens with zero attached hydrogens (tertiary/aromatic N) is 2. The zero-order valence-electron chi connectivity index (χ0n) is 20.8. The summed E-state index contributed by atoms with van der Waals surface area (Å²) >= 11 is 6.17. The number of piperazine rings is 1. The van der Waals surface area contributed by atoms with Crippen LogP contribution in [0.1, 0.15) is 27.5 Å². The van der Waals surface area contributed by atoms with E-state index in [9.17, 15) is 38.5 Å². The molecule has 2 aromatic rings. The Morgan fingerprint density at radius 2 is 1.90 bits per heavy atom. The summed E-state index contributed by atoms with van der Waals surface area (Å²) in [5.74, 6) is -6.56. The van der Waals surface area contributed by atoms with Crippen molar-refractivity contribution in [1.82, 2.24) is 20.4 Å². The number of hydrogen-bond donors (Lipinski definition) is 5. The number of amides is 5. The quantitative estimate of drug-likeness (QED) is 0.218. The highest BCUT2D eigenvalue weighted by molar-refractivity contribution is 6.47. The van der Waals surface area contributed by atoms with Gasteiger partial charge < -0.3 is 36.1 Å². The Labute approximate surface area is 232 Å². The van der Waals surface area contributed by atoms with E-state index < -0.39 is 60.2 Å². The molecular weight excluding hydrogens is 552 g/mol. The zero-order chi connectivity index (χ0) is 29.1. The van der Waals surface area contributed by atoms with E-state index in [1.165, 1.54) is 29.2 Å². The molecular formula is C24H24BClFN5O8. The molecule has 210 valence electrons. The van der Waals surface area contributed by atoms with E-state index in [1.807, 2.05) is 0 Å². The van der Waals surface area contributed by atoms with Crippen LogP contribution in [0.3, 0.4) is 0 Å². The van der Waals surface area contributed by atoms with Crippen LogP contribution in [0.5, 0.6) is 5.75 Å². The van der Waals surface area contributed by atoms with E-state index in [2.05, 4.69) is 10.6 Å². The van der Waals surface area contributed by atoms with Gasteiger partial charge in [-0.15, -0.1) is 0 Å². The average molecular weight is 576 g/mol. The van der Waals surface area contributed by atoms with Crippen molar-refractivity contribution in [2.45, 2.75) is 18.4 Å². The Balaban J connectivity index is 1.58. The summed E-state index contributed by atoms with van der Waals surface area (Å²) in [4.78, 5) is 64.7. The highest BCUT2D eigenvalue weighted by atomic mass is 35.5. The van der Waals surface area contributed by atoms with Crippen LogP contribution in [0.15, 0.2) is 36.4 Å². The number of para-hydroxylation sites is 1. The minimum atomic E-state index is -1.80. The molecule has 0 bridgehead atoms. The standard InChI is InChI=1S/C24H24BClFN5O8/c26-14-5-2-6-15(27)17(14)18(30-24(38)32-10-9-31(8-7-28)21(34)22(32)35)20(33)29-16-11-12-3-1-4-13(23(36)37)19(12)40-25(16)39/h1-6,16,18,39H,7-11,28H2,(H,29,33)(H,30,38)(H,36,37). The van der Waals surface area contributed by atoms with Crippen LogP contribution in [0.25, 0.3) is 0 Å². The van der Waals surface area contributed by atoms with Crippen LogP contribution in [-0.4, -0.2) is 88.9 Å². The molecule has 1 fully saturated rings. The minimum absolute atomic E-state index is 0.00978. The van der Waals surface area contributed by atoms with Crippen molar-refractivity contribution in [2.75, 3.05) is 26.2 Å². The molecule has 13 nitrogen and oxygen atoms in total. The van der Waals surface area contributed by atoms with Crippen LogP contribution < -0.4 is 21.0 Å². The molecule has 40 heavy (non-hydrogen) atoms. The second kappa shape index (κ2) is 11.9. The number of hydrogen-bond acceptors (Lipinski definition) is 8. The van der Waals surface area contributed by atoms with Gasteiger partial charge in [-0.3, -0.25) is 19.3 Å². The van der Waals surface area contributed by atoms with E-state index in [-0.39, 0.29) is 48.9 Å². The van der Waals surface area contributed by atoms with Gasteiger partial charge in [-0.05, 0) is 30.2 Å². The molecule has 2 aliphatic heterocycles. The summed E-state index contributed by atoms with van der Waals surface area (Å²) < 4.78 is 20.3.